The molecule has 0 bridgehead atoms. The minimum atomic E-state index is -0.575. The van der Waals surface area contributed by atoms with Gasteiger partial charge in [-0.1, -0.05) is 41.9 Å². The number of ketones is 1. The highest BCUT2D eigenvalue weighted by Gasteiger charge is 2.31. The molecule has 4 aromatic rings. The number of hydrogen-bond donors (Lipinski definition) is 0. The predicted octanol–water partition coefficient (Wildman–Crippen LogP) is 5.98. The standard InChI is InChI=1S/C26H18ClNO4/c1-15-22(32-26(30)18-8-3-5-9-20(18)27)12-11-19-24(29)23(31-25(15)19)13-16-14-28(2)21-10-6-4-7-17(16)21/h3-14H,1-2H3/b23-13+. The Labute approximate surface area is 189 Å². The summed E-state index contributed by atoms with van der Waals surface area (Å²) in [5.41, 5.74) is 3.22. The average Bonchev–Trinajstić information content (AvgIpc) is 3.28. The Morgan fingerprint density at radius 2 is 1.81 bits per heavy atom. The van der Waals surface area contributed by atoms with Crippen LogP contribution in [-0.2, 0) is 7.05 Å². The highest BCUT2D eigenvalue weighted by Crippen LogP contribution is 2.40. The lowest BCUT2D eigenvalue weighted by atomic mass is 10.1. The smallest absolute Gasteiger partial charge is 0.345 e. The summed E-state index contributed by atoms with van der Waals surface area (Å²) in [6, 6.07) is 17.8. The van der Waals surface area contributed by atoms with Crippen molar-refractivity contribution in [2.75, 3.05) is 0 Å². The van der Waals surface area contributed by atoms with E-state index >= 15 is 0 Å². The van der Waals surface area contributed by atoms with Crippen molar-refractivity contribution in [1.82, 2.24) is 4.57 Å². The Bertz CT molecular complexity index is 1450. The Balaban J connectivity index is 1.47. The largest absolute Gasteiger partial charge is 0.452 e. The normalized spacial score (nSPS) is 14.0. The number of halogens is 1. The summed E-state index contributed by atoms with van der Waals surface area (Å²) in [5.74, 6) is 0.155. The minimum Gasteiger partial charge on any atom is -0.452 e. The SMILES string of the molecule is Cc1c(OC(=O)c2ccccc2Cl)ccc2c1O/C(=C/c1cn(C)c3ccccc13)C2=O. The first-order valence-corrected chi connectivity index (χ1v) is 10.4. The van der Waals surface area contributed by atoms with E-state index < -0.39 is 5.97 Å². The molecule has 158 valence electrons. The van der Waals surface area contributed by atoms with Crippen LogP contribution in [-0.4, -0.2) is 16.3 Å². The maximum Gasteiger partial charge on any atom is 0.345 e. The molecule has 0 amide bonds. The molecule has 6 heteroatoms. The number of fused-ring (bicyclic) bond motifs is 2. The minimum absolute atomic E-state index is 0.208. The molecule has 32 heavy (non-hydrogen) atoms. The molecule has 0 unspecified atom stereocenters. The number of ether oxygens (including phenoxy) is 2. The highest BCUT2D eigenvalue weighted by molar-refractivity contribution is 6.33. The van der Waals surface area contributed by atoms with Crippen molar-refractivity contribution < 1.29 is 19.1 Å². The number of nitrogens with zero attached hydrogens (tertiary/aromatic N) is 1. The molecule has 0 saturated heterocycles. The van der Waals surface area contributed by atoms with E-state index in [1.165, 1.54) is 0 Å². The summed E-state index contributed by atoms with van der Waals surface area (Å²) in [6.07, 6.45) is 3.71. The lowest BCUT2D eigenvalue weighted by Crippen LogP contribution is -2.10. The molecule has 1 aliphatic rings. The van der Waals surface area contributed by atoms with Crippen molar-refractivity contribution >= 4 is 40.3 Å². The zero-order valence-electron chi connectivity index (χ0n) is 17.4. The number of para-hydroxylation sites is 1. The number of hydrogen-bond acceptors (Lipinski definition) is 4. The van der Waals surface area contributed by atoms with Gasteiger partial charge in [0.1, 0.15) is 11.5 Å². The highest BCUT2D eigenvalue weighted by atomic mass is 35.5. The molecule has 0 fully saturated rings. The molecule has 0 saturated carbocycles. The number of esters is 1. The lowest BCUT2D eigenvalue weighted by Gasteiger charge is -2.10. The zero-order chi connectivity index (χ0) is 22.4. The van der Waals surface area contributed by atoms with Crippen molar-refractivity contribution in [3.63, 3.8) is 0 Å². The number of allylic oxidation sites excluding steroid dienone is 1. The molecule has 5 nitrogen and oxygen atoms in total. The first-order chi connectivity index (χ1) is 15.4. The van der Waals surface area contributed by atoms with Crippen LogP contribution in [0.1, 0.15) is 31.8 Å². The lowest BCUT2D eigenvalue weighted by molar-refractivity contribution is 0.0733. The van der Waals surface area contributed by atoms with Crippen LogP contribution in [0.25, 0.3) is 17.0 Å². The third kappa shape index (κ3) is 3.27. The third-order valence-electron chi connectivity index (χ3n) is 5.55. The molecule has 1 aliphatic heterocycles. The van der Waals surface area contributed by atoms with Crippen LogP contribution < -0.4 is 9.47 Å². The number of aromatic nitrogens is 1. The summed E-state index contributed by atoms with van der Waals surface area (Å²) in [7, 11) is 1.96. The number of rotatable bonds is 3. The van der Waals surface area contributed by atoms with Gasteiger partial charge in [-0.25, -0.2) is 4.79 Å². The van der Waals surface area contributed by atoms with Gasteiger partial charge in [0.2, 0.25) is 5.78 Å². The van der Waals surface area contributed by atoms with Gasteiger partial charge in [-0.2, -0.15) is 0 Å². The first-order valence-electron chi connectivity index (χ1n) is 10.0. The number of carbonyl (C=O) groups excluding carboxylic acids is 2. The molecule has 0 atom stereocenters. The fourth-order valence-electron chi connectivity index (χ4n) is 3.89. The fraction of sp³-hybridized carbons (Fsp3) is 0.0769. The molecule has 0 N–H and O–H groups in total. The fourth-order valence-corrected chi connectivity index (χ4v) is 4.10. The van der Waals surface area contributed by atoms with Gasteiger partial charge in [-0.15, -0.1) is 0 Å². The van der Waals surface area contributed by atoms with Crippen LogP contribution in [0.15, 0.2) is 72.6 Å². The molecule has 5 rings (SSSR count). The van der Waals surface area contributed by atoms with Gasteiger partial charge in [0.15, 0.2) is 5.76 Å². The maximum atomic E-state index is 13.0. The van der Waals surface area contributed by atoms with E-state index in [1.54, 1.807) is 49.4 Å². The van der Waals surface area contributed by atoms with E-state index in [0.29, 0.717) is 27.6 Å². The Morgan fingerprint density at radius 3 is 2.62 bits per heavy atom. The molecule has 1 aromatic heterocycles. The summed E-state index contributed by atoms with van der Waals surface area (Å²) in [4.78, 5) is 25.5. The molecule has 3 aromatic carbocycles. The summed E-state index contributed by atoms with van der Waals surface area (Å²) in [6.45, 7) is 1.75. The van der Waals surface area contributed by atoms with Gasteiger partial charge in [-0.05, 0) is 43.3 Å². The van der Waals surface area contributed by atoms with E-state index in [2.05, 4.69) is 0 Å². The van der Waals surface area contributed by atoms with Crippen molar-refractivity contribution in [3.8, 4) is 11.5 Å². The van der Waals surface area contributed by atoms with Crippen LogP contribution in [0.5, 0.6) is 11.5 Å². The van der Waals surface area contributed by atoms with Crippen LogP contribution in [0.2, 0.25) is 5.02 Å². The van der Waals surface area contributed by atoms with Crippen molar-refractivity contribution in [3.05, 3.63) is 99.9 Å². The molecule has 0 spiro atoms. The quantitative estimate of drug-likeness (QED) is 0.222. The number of carbonyl (C=O) groups is 2. The molecule has 0 aliphatic carbocycles. The van der Waals surface area contributed by atoms with Gasteiger partial charge in [0.05, 0.1) is 16.1 Å². The van der Waals surface area contributed by atoms with E-state index in [-0.39, 0.29) is 17.1 Å². The second-order valence-corrected chi connectivity index (χ2v) is 7.99. The molecular formula is C26H18ClNO4. The zero-order valence-corrected chi connectivity index (χ0v) is 18.1. The van der Waals surface area contributed by atoms with Gasteiger partial charge in [0, 0.05) is 35.3 Å². The first kappa shape index (κ1) is 20.1. The van der Waals surface area contributed by atoms with Gasteiger partial charge in [-0.3, -0.25) is 4.79 Å². The van der Waals surface area contributed by atoms with Crippen molar-refractivity contribution in [2.24, 2.45) is 7.05 Å². The van der Waals surface area contributed by atoms with Gasteiger partial charge in [0.25, 0.3) is 0 Å². The second kappa shape index (κ2) is 7.70. The topological polar surface area (TPSA) is 57.5 Å². The van der Waals surface area contributed by atoms with Crippen LogP contribution in [0, 0.1) is 6.92 Å². The number of aryl methyl sites for hydroxylation is 1. The molecular weight excluding hydrogens is 426 g/mol. The third-order valence-corrected chi connectivity index (χ3v) is 5.88. The van der Waals surface area contributed by atoms with Crippen LogP contribution in [0.4, 0.5) is 0 Å². The van der Waals surface area contributed by atoms with Crippen LogP contribution in [0.3, 0.4) is 0 Å². The molecule has 0 radical (unpaired) electrons. The average molecular weight is 444 g/mol. The number of benzene rings is 3. The van der Waals surface area contributed by atoms with Gasteiger partial charge < -0.3 is 14.0 Å². The summed E-state index contributed by atoms with van der Waals surface area (Å²) < 4.78 is 13.5. The van der Waals surface area contributed by atoms with E-state index in [4.69, 9.17) is 21.1 Å². The van der Waals surface area contributed by atoms with Crippen molar-refractivity contribution in [1.29, 1.82) is 0 Å². The van der Waals surface area contributed by atoms with E-state index in [0.717, 1.165) is 16.5 Å². The van der Waals surface area contributed by atoms with Crippen LogP contribution >= 0.6 is 11.6 Å². The monoisotopic (exact) mass is 443 g/mol. The second-order valence-electron chi connectivity index (χ2n) is 7.59. The Morgan fingerprint density at radius 1 is 1.06 bits per heavy atom. The van der Waals surface area contributed by atoms with Gasteiger partial charge >= 0.3 is 5.97 Å². The number of Topliss-reactive ketones (excluding diaryl/α,β-unsaturated/α-hetero) is 1. The summed E-state index contributed by atoms with van der Waals surface area (Å²) in [5, 5.41) is 1.34. The summed E-state index contributed by atoms with van der Waals surface area (Å²) >= 11 is 6.10. The maximum absolute atomic E-state index is 13.0. The Kier molecular flexibility index (Phi) is 4.83. The van der Waals surface area contributed by atoms with Crippen molar-refractivity contribution in [2.45, 2.75) is 6.92 Å². The molecule has 2 heterocycles. The van der Waals surface area contributed by atoms with E-state index in [1.807, 2.05) is 42.1 Å². The van der Waals surface area contributed by atoms with E-state index in [9.17, 15) is 9.59 Å². The Hall–Kier alpha value is -3.83. The predicted molar refractivity (Wildman–Crippen MR) is 123 cm³/mol.